The Morgan fingerprint density at radius 3 is 2.83 bits per heavy atom. The topological polar surface area (TPSA) is 58.3 Å². The van der Waals surface area contributed by atoms with Crippen LogP contribution in [0.25, 0.3) is 0 Å². The number of hydrogen-bond acceptors (Lipinski definition) is 4. The number of nitrogens with one attached hydrogen (secondary N) is 1. The number of hydrogen-bond donors (Lipinski definition) is 2. The summed E-state index contributed by atoms with van der Waals surface area (Å²) in [5, 5.41) is 16.5. The highest BCUT2D eigenvalue weighted by atomic mass is 19.1. The van der Waals surface area contributed by atoms with Gasteiger partial charge in [-0.2, -0.15) is 0 Å². The van der Waals surface area contributed by atoms with Crippen molar-refractivity contribution in [1.29, 1.82) is 0 Å². The average Bonchev–Trinajstić information content (AvgIpc) is 2.99. The quantitative estimate of drug-likeness (QED) is 0.859. The van der Waals surface area contributed by atoms with Crippen molar-refractivity contribution in [2.75, 3.05) is 0 Å². The van der Waals surface area contributed by atoms with E-state index in [0.717, 1.165) is 18.5 Å². The molecule has 1 aliphatic rings. The van der Waals surface area contributed by atoms with Gasteiger partial charge in [-0.05, 0) is 30.2 Å². The highest BCUT2D eigenvalue weighted by Crippen LogP contribution is 2.47. The maximum atomic E-state index is 13.7. The van der Waals surface area contributed by atoms with Gasteiger partial charge in [0.15, 0.2) is 5.76 Å². The fourth-order valence-corrected chi connectivity index (χ4v) is 3.36. The molecule has 1 aliphatic carbocycles. The van der Waals surface area contributed by atoms with E-state index in [1.807, 2.05) is 18.2 Å². The second-order valence-electron chi connectivity index (χ2n) is 6.93. The monoisotopic (exact) mass is 318 g/mol. The van der Waals surface area contributed by atoms with E-state index < -0.39 is 0 Å². The molecule has 124 valence electrons. The maximum Gasteiger partial charge on any atom is 0.162 e. The summed E-state index contributed by atoms with van der Waals surface area (Å²) >= 11 is 0. The van der Waals surface area contributed by atoms with Crippen LogP contribution >= 0.6 is 0 Å². The van der Waals surface area contributed by atoms with Crippen molar-refractivity contribution in [2.24, 2.45) is 11.3 Å². The number of aromatic nitrogens is 1. The van der Waals surface area contributed by atoms with E-state index in [-0.39, 0.29) is 17.8 Å². The van der Waals surface area contributed by atoms with Crippen molar-refractivity contribution >= 4 is 0 Å². The molecule has 1 aromatic carbocycles. The number of benzene rings is 1. The lowest BCUT2D eigenvalue weighted by Gasteiger charge is -2.52. The summed E-state index contributed by atoms with van der Waals surface area (Å²) in [5.74, 6) is 0.844. The number of rotatable bonds is 6. The molecule has 2 aromatic rings. The molecular weight excluding hydrogens is 295 g/mol. The second-order valence-corrected chi connectivity index (χ2v) is 6.93. The van der Waals surface area contributed by atoms with Gasteiger partial charge in [0.05, 0.1) is 5.69 Å². The van der Waals surface area contributed by atoms with E-state index >= 15 is 0 Å². The van der Waals surface area contributed by atoms with Crippen LogP contribution in [0, 0.1) is 17.2 Å². The molecule has 2 N–H and O–H groups in total. The van der Waals surface area contributed by atoms with Gasteiger partial charge in [-0.25, -0.2) is 4.39 Å². The fraction of sp³-hybridized carbons (Fsp3) is 0.500. The number of halogens is 1. The van der Waals surface area contributed by atoms with Crippen molar-refractivity contribution < 1.29 is 14.0 Å². The molecule has 1 saturated carbocycles. The molecule has 0 saturated heterocycles. The van der Waals surface area contributed by atoms with Gasteiger partial charge in [0, 0.05) is 24.2 Å². The highest BCUT2D eigenvalue weighted by Gasteiger charge is 2.47. The molecule has 0 aliphatic heterocycles. The van der Waals surface area contributed by atoms with Gasteiger partial charge < -0.3 is 14.9 Å². The molecule has 1 heterocycles. The maximum absolute atomic E-state index is 13.7. The first-order valence-corrected chi connectivity index (χ1v) is 8.03. The van der Waals surface area contributed by atoms with E-state index in [2.05, 4.69) is 24.3 Å². The molecule has 0 bridgehead atoms. The molecule has 0 unspecified atom stereocenters. The van der Waals surface area contributed by atoms with Crippen LogP contribution in [0.15, 0.2) is 34.9 Å². The van der Waals surface area contributed by atoms with Crippen molar-refractivity contribution in [3.8, 4) is 0 Å². The minimum Gasteiger partial charge on any atom is -0.388 e. The average molecular weight is 318 g/mol. The number of aliphatic hydroxyl groups excluding tert-OH is 1. The molecule has 23 heavy (non-hydrogen) atoms. The first-order valence-electron chi connectivity index (χ1n) is 8.03. The first kappa shape index (κ1) is 16.1. The lowest BCUT2D eigenvalue weighted by Crippen LogP contribution is -2.57. The number of aliphatic hydroxyl groups is 1. The summed E-state index contributed by atoms with van der Waals surface area (Å²) in [5.41, 5.74) is 1.71. The van der Waals surface area contributed by atoms with Crippen LogP contribution in [0.4, 0.5) is 4.39 Å². The third-order valence-electron chi connectivity index (χ3n) is 5.19. The third-order valence-corrected chi connectivity index (χ3v) is 5.19. The molecule has 4 nitrogen and oxygen atoms in total. The van der Waals surface area contributed by atoms with E-state index in [0.29, 0.717) is 29.8 Å². The lowest BCUT2D eigenvalue weighted by molar-refractivity contribution is 0.0123. The van der Waals surface area contributed by atoms with Gasteiger partial charge >= 0.3 is 0 Å². The Morgan fingerprint density at radius 2 is 2.17 bits per heavy atom. The van der Waals surface area contributed by atoms with Crippen LogP contribution in [0.2, 0.25) is 0 Å². The predicted octanol–water partition coefficient (Wildman–Crippen LogP) is 3.05. The summed E-state index contributed by atoms with van der Waals surface area (Å²) < 4.78 is 18.7. The van der Waals surface area contributed by atoms with E-state index in [1.165, 1.54) is 6.07 Å². The van der Waals surface area contributed by atoms with Crippen molar-refractivity contribution in [1.82, 2.24) is 10.5 Å². The molecule has 0 spiro atoms. The number of nitrogens with zero attached hydrogens (tertiary/aromatic N) is 1. The van der Waals surface area contributed by atoms with Gasteiger partial charge in [-0.3, -0.25) is 0 Å². The van der Waals surface area contributed by atoms with E-state index in [1.54, 1.807) is 6.07 Å². The summed E-state index contributed by atoms with van der Waals surface area (Å²) in [6, 6.07) is 9.05. The van der Waals surface area contributed by atoms with Crippen LogP contribution in [-0.4, -0.2) is 16.3 Å². The fourth-order valence-electron chi connectivity index (χ4n) is 3.36. The second kappa shape index (κ2) is 6.42. The first-order chi connectivity index (χ1) is 11.0. The van der Waals surface area contributed by atoms with Gasteiger partial charge in [0.1, 0.15) is 12.4 Å². The van der Waals surface area contributed by atoms with Gasteiger partial charge in [-0.1, -0.05) is 37.2 Å². The Kier molecular flexibility index (Phi) is 4.50. The molecule has 0 radical (unpaired) electrons. The van der Waals surface area contributed by atoms with Crippen LogP contribution < -0.4 is 5.32 Å². The standard InChI is InChI=1S/C18H23FN2O2/c1-18(2)13(7-14-9-15(11-22)23-21-14)8-17(18)20-10-12-5-3-4-6-16(12)19/h3-6,9,13,17,20,22H,7-8,10-11H2,1-2H3/t13-,17+/m1/s1. The highest BCUT2D eigenvalue weighted by molar-refractivity contribution is 5.18. The van der Waals surface area contributed by atoms with Crippen molar-refractivity contribution in [3.05, 3.63) is 53.2 Å². The Morgan fingerprint density at radius 1 is 1.39 bits per heavy atom. The molecule has 0 amide bonds. The zero-order valence-electron chi connectivity index (χ0n) is 13.6. The molecule has 2 atom stereocenters. The molecule has 1 aromatic heterocycles. The van der Waals surface area contributed by atoms with Crippen LogP contribution in [0.5, 0.6) is 0 Å². The molecular formula is C18H23FN2O2. The van der Waals surface area contributed by atoms with Crippen molar-refractivity contribution in [3.63, 3.8) is 0 Å². The van der Waals surface area contributed by atoms with E-state index in [4.69, 9.17) is 9.63 Å². The van der Waals surface area contributed by atoms with Gasteiger partial charge in [0.2, 0.25) is 0 Å². The summed E-state index contributed by atoms with van der Waals surface area (Å²) in [6.45, 7) is 4.89. The molecule has 5 heteroatoms. The Labute approximate surface area is 135 Å². The van der Waals surface area contributed by atoms with Gasteiger partial charge in [0.25, 0.3) is 0 Å². The SMILES string of the molecule is CC1(C)[C@H](Cc2cc(CO)on2)C[C@@H]1NCc1ccccc1F. The van der Waals surface area contributed by atoms with Crippen LogP contribution in [-0.2, 0) is 19.6 Å². The largest absolute Gasteiger partial charge is 0.388 e. The minimum absolute atomic E-state index is 0.115. The zero-order chi connectivity index (χ0) is 16.4. The molecule has 1 fully saturated rings. The van der Waals surface area contributed by atoms with Gasteiger partial charge in [-0.15, -0.1) is 0 Å². The normalized spacial score (nSPS) is 22.8. The van der Waals surface area contributed by atoms with Crippen molar-refractivity contribution in [2.45, 2.75) is 45.9 Å². The Balaban J connectivity index is 1.55. The summed E-state index contributed by atoms with van der Waals surface area (Å²) in [4.78, 5) is 0. The predicted molar refractivity (Wildman–Crippen MR) is 85.0 cm³/mol. The van der Waals surface area contributed by atoms with Crippen LogP contribution in [0.1, 0.15) is 37.3 Å². The minimum atomic E-state index is -0.159. The van der Waals surface area contributed by atoms with E-state index in [9.17, 15) is 4.39 Å². The molecule has 3 rings (SSSR count). The summed E-state index contributed by atoms with van der Waals surface area (Å²) in [7, 11) is 0. The van der Waals surface area contributed by atoms with Crippen LogP contribution in [0.3, 0.4) is 0 Å². The third kappa shape index (κ3) is 3.31. The lowest BCUT2D eigenvalue weighted by atomic mass is 9.57. The Hall–Kier alpha value is -1.72. The smallest absolute Gasteiger partial charge is 0.162 e. The Bertz CT molecular complexity index is 669. The summed E-state index contributed by atoms with van der Waals surface area (Å²) in [6.07, 6.45) is 1.87. The zero-order valence-corrected chi connectivity index (χ0v) is 13.6.